The lowest BCUT2D eigenvalue weighted by Gasteiger charge is -2.39. The van der Waals surface area contributed by atoms with Crippen LogP contribution in [0.15, 0.2) is 35.3 Å². The number of halogens is 1. The van der Waals surface area contributed by atoms with Gasteiger partial charge in [-0.1, -0.05) is 37.3 Å². The number of hydrogen-bond acceptors (Lipinski definition) is 2. The van der Waals surface area contributed by atoms with Crippen molar-refractivity contribution >= 4 is 41.7 Å². The summed E-state index contributed by atoms with van der Waals surface area (Å²) in [6.45, 7) is 5.55. The first-order chi connectivity index (χ1) is 10.8. The van der Waals surface area contributed by atoms with Gasteiger partial charge >= 0.3 is 0 Å². The zero-order valence-electron chi connectivity index (χ0n) is 14.5. The van der Waals surface area contributed by atoms with Crippen LogP contribution in [0.1, 0.15) is 31.2 Å². The molecule has 1 saturated heterocycles. The van der Waals surface area contributed by atoms with Crippen LogP contribution in [0.2, 0.25) is 0 Å². The van der Waals surface area contributed by atoms with E-state index in [1.165, 1.54) is 24.2 Å². The molecule has 0 radical (unpaired) electrons. The quantitative estimate of drug-likeness (QED) is 0.319. The summed E-state index contributed by atoms with van der Waals surface area (Å²) in [6.07, 6.45) is 4.55. The maximum absolute atomic E-state index is 4.47. The van der Waals surface area contributed by atoms with Crippen molar-refractivity contribution in [3.05, 3.63) is 35.9 Å². The Labute approximate surface area is 162 Å². The molecule has 2 atom stereocenters. The Morgan fingerprint density at radius 1 is 1.35 bits per heavy atom. The van der Waals surface area contributed by atoms with Crippen LogP contribution in [-0.4, -0.2) is 49.6 Å². The fourth-order valence-electron chi connectivity index (χ4n) is 3.28. The van der Waals surface area contributed by atoms with Crippen molar-refractivity contribution < 1.29 is 0 Å². The molecule has 1 aromatic carbocycles. The molecule has 1 fully saturated rings. The Hall–Kier alpha value is -0.430. The molecule has 1 aromatic rings. The lowest BCUT2D eigenvalue weighted by Crippen LogP contribution is -2.48. The number of likely N-dealkylation sites (tertiary alicyclic amines) is 1. The van der Waals surface area contributed by atoms with Crippen LogP contribution in [0.5, 0.6) is 0 Å². The zero-order valence-corrected chi connectivity index (χ0v) is 17.6. The standard InChI is InChI=1S/C18H29N3S.HI/c1-15-14-21(18(19-2)20-11-7-13-22-3)12-10-17(15)16-8-5-4-6-9-16;/h4-6,8-9,15,17H,7,10-14H2,1-3H3,(H,19,20);1H. The van der Waals surface area contributed by atoms with E-state index in [0.717, 1.165) is 25.6 Å². The summed E-state index contributed by atoms with van der Waals surface area (Å²) in [4.78, 5) is 6.89. The van der Waals surface area contributed by atoms with E-state index in [1.807, 2.05) is 18.8 Å². The van der Waals surface area contributed by atoms with E-state index < -0.39 is 0 Å². The fourth-order valence-corrected chi connectivity index (χ4v) is 3.72. The number of nitrogens with one attached hydrogen (secondary N) is 1. The summed E-state index contributed by atoms with van der Waals surface area (Å²) >= 11 is 1.90. The molecule has 1 aliphatic rings. The predicted octanol–water partition coefficient (Wildman–Crippen LogP) is 4.06. The number of benzene rings is 1. The lowest BCUT2D eigenvalue weighted by molar-refractivity contribution is 0.234. The summed E-state index contributed by atoms with van der Waals surface area (Å²) in [5, 5.41) is 3.51. The van der Waals surface area contributed by atoms with E-state index in [4.69, 9.17) is 0 Å². The number of nitrogens with zero attached hydrogens (tertiary/aromatic N) is 2. The van der Waals surface area contributed by atoms with Gasteiger partial charge in [0.2, 0.25) is 0 Å². The summed E-state index contributed by atoms with van der Waals surface area (Å²) < 4.78 is 0. The van der Waals surface area contributed by atoms with Crippen molar-refractivity contribution in [2.24, 2.45) is 10.9 Å². The van der Waals surface area contributed by atoms with Crippen LogP contribution < -0.4 is 5.32 Å². The van der Waals surface area contributed by atoms with Gasteiger partial charge in [0.15, 0.2) is 5.96 Å². The van der Waals surface area contributed by atoms with Crippen molar-refractivity contribution in [3.8, 4) is 0 Å². The maximum Gasteiger partial charge on any atom is 0.193 e. The second kappa shape index (κ2) is 11.2. The maximum atomic E-state index is 4.47. The Bertz CT molecular complexity index is 467. The Balaban J connectivity index is 0.00000264. The number of rotatable bonds is 5. The van der Waals surface area contributed by atoms with E-state index in [9.17, 15) is 0 Å². The minimum Gasteiger partial charge on any atom is -0.356 e. The van der Waals surface area contributed by atoms with Crippen LogP contribution in [0.25, 0.3) is 0 Å². The van der Waals surface area contributed by atoms with E-state index in [2.05, 4.69) is 58.7 Å². The van der Waals surface area contributed by atoms with Gasteiger partial charge in [-0.2, -0.15) is 11.8 Å². The largest absolute Gasteiger partial charge is 0.356 e. The van der Waals surface area contributed by atoms with Gasteiger partial charge in [0.1, 0.15) is 0 Å². The van der Waals surface area contributed by atoms with Crippen LogP contribution in [0.4, 0.5) is 0 Å². The van der Waals surface area contributed by atoms with Gasteiger partial charge in [-0.15, -0.1) is 24.0 Å². The molecule has 0 spiro atoms. The highest BCUT2D eigenvalue weighted by Crippen LogP contribution is 2.32. The predicted molar refractivity (Wildman–Crippen MR) is 114 cm³/mol. The molecule has 0 bridgehead atoms. The average molecular weight is 447 g/mol. The van der Waals surface area contributed by atoms with Gasteiger partial charge in [0, 0.05) is 26.7 Å². The number of thioether (sulfide) groups is 1. The molecule has 130 valence electrons. The molecule has 0 aromatic heterocycles. The minimum absolute atomic E-state index is 0. The van der Waals surface area contributed by atoms with Gasteiger partial charge in [0.05, 0.1) is 0 Å². The van der Waals surface area contributed by atoms with E-state index in [0.29, 0.717) is 11.8 Å². The van der Waals surface area contributed by atoms with Gasteiger partial charge in [-0.25, -0.2) is 0 Å². The summed E-state index contributed by atoms with van der Waals surface area (Å²) in [7, 11) is 1.89. The van der Waals surface area contributed by atoms with Gasteiger partial charge in [-0.05, 0) is 42.2 Å². The van der Waals surface area contributed by atoms with E-state index in [1.54, 1.807) is 0 Å². The monoisotopic (exact) mass is 447 g/mol. The Kier molecular flexibility index (Phi) is 10.0. The van der Waals surface area contributed by atoms with E-state index >= 15 is 0 Å². The molecular weight excluding hydrogens is 417 g/mol. The van der Waals surface area contributed by atoms with Crippen LogP contribution in [0.3, 0.4) is 0 Å². The van der Waals surface area contributed by atoms with Crippen molar-refractivity contribution in [1.29, 1.82) is 0 Å². The van der Waals surface area contributed by atoms with Crippen molar-refractivity contribution in [1.82, 2.24) is 10.2 Å². The van der Waals surface area contributed by atoms with Crippen LogP contribution in [-0.2, 0) is 0 Å². The molecule has 2 unspecified atom stereocenters. The molecule has 0 aliphatic carbocycles. The number of hydrogen-bond donors (Lipinski definition) is 1. The first-order valence-corrected chi connectivity index (χ1v) is 9.65. The van der Waals surface area contributed by atoms with Gasteiger partial charge < -0.3 is 10.2 Å². The highest BCUT2D eigenvalue weighted by atomic mass is 127. The molecule has 0 saturated carbocycles. The molecular formula is C18H30IN3S. The Morgan fingerprint density at radius 2 is 2.09 bits per heavy atom. The van der Waals surface area contributed by atoms with Gasteiger partial charge in [-0.3, -0.25) is 4.99 Å². The summed E-state index contributed by atoms with van der Waals surface area (Å²) in [6, 6.07) is 10.9. The molecule has 1 heterocycles. The smallest absolute Gasteiger partial charge is 0.193 e. The number of piperidine rings is 1. The molecule has 0 amide bonds. The first-order valence-electron chi connectivity index (χ1n) is 8.25. The fraction of sp³-hybridized carbons (Fsp3) is 0.611. The second-order valence-electron chi connectivity index (χ2n) is 6.05. The third-order valence-corrected chi connectivity index (χ3v) is 5.15. The van der Waals surface area contributed by atoms with Crippen LogP contribution >= 0.6 is 35.7 Å². The van der Waals surface area contributed by atoms with Crippen molar-refractivity contribution in [2.45, 2.75) is 25.7 Å². The highest BCUT2D eigenvalue weighted by Gasteiger charge is 2.28. The second-order valence-corrected chi connectivity index (χ2v) is 7.04. The molecule has 5 heteroatoms. The lowest BCUT2D eigenvalue weighted by atomic mass is 9.82. The van der Waals surface area contributed by atoms with Crippen molar-refractivity contribution in [2.75, 3.05) is 38.7 Å². The van der Waals surface area contributed by atoms with Crippen LogP contribution in [0, 0.1) is 5.92 Å². The first kappa shape index (κ1) is 20.6. The minimum atomic E-state index is 0. The molecule has 2 rings (SSSR count). The molecule has 23 heavy (non-hydrogen) atoms. The third-order valence-electron chi connectivity index (χ3n) is 4.45. The van der Waals surface area contributed by atoms with Gasteiger partial charge in [0.25, 0.3) is 0 Å². The third kappa shape index (κ3) is 6.18. The molecule has 1 N–H and O–H groups in total. The highest BCUT2D eigenvalue weighted by molar-refractivity contribution is 14.0. The Morgan fingerprint density at radius 3 is 2.70 bits per heavy atom. The SMILES string of the molecule is CN=C(NCCCSC)N1CCC(c2ccccc2)C(C)C1.I. The van der Waals surface area contributed by atoms with E-state index in [-0.39, 0.29) is 24.0 Å². The molecule has 1 aliphatic heterocycles. The average Bonchev–Trinajstić information content (AvgIpc) is 2.56. The topological polar surface area (TPSA) is 27.6 Å². The number of aliphatic imine (C=N–C) groups is 1. The summed E-state index contributed by atoms with van der Waals surface area (Å²) in [5.41, 5.74) is 1.48. The number of guanidine groups is 1. The van der Waals surface area contributed by atoms with Crippen molar-refractivity contribution in [3.63, 3.8) is 0 Å². The normalized spacial score (nSPS) is 21.7. The zero-order chi connectivity index (χ0) is 15.8. The summed E-state index contributed by atoms with van der Waals surface area (Å²) in [5.74, 6) is 3.60. The molecule has 3 nitrogen and oxygen atoms in total.